The van der Waals surface area contributed by atoms with Gasteiger partial charge in [-0.1, -0.05) is 12.1 Å². The minimum Gasteiger partial charge on any atom is -0.399 e. The van der Waals surface area contributed by atoms with Crippen molar-refractivity contribution in [3.8, 4) is 0 Å². The van der Waals surface area contributed by atoms with Crippen molar-refractivity contribution in [1.82, 2.24) is 4.90 Å². The standard InChI is InChI=1S/C16H27BN2O4S/c1-15(2)16(3,4)23-17(22-15)13-7-9-14(10-8-13)18-24(20,21)12-11-19(5)6/h7-10,18H,11-12H2,1-6H3. The van der Waals surface area contributed by atoms with E-state index in [2.05, 4.69) is 4.72 Å². The second kappa shape index (κ2) is 6.67. The van der Waals surface area contributed by atoms with Crippen LogP contribution in [0.25, 0.3) is 0 Å². The van der Waals surface area contributed by atoms with Crippen LogP contribution in [-0.4, -0.2) is 58.0 Å². The van der Waals surface area contributed by atoms with Gasteiger partial charge in [-0.15, -0.1) is 0 Å². The lowest BCUT2D eigenvalue weighted by molar-refractivity contribution is 0.00578. The molecule has 2 rings (SSSR count). The Bertz CT molecular complexity index is 656. The van der Waals surface area contributed by atoms with Crippen LogP contribution >= 0.6 is 0 Å². The molecule has 1 aromatic rings. The molecule has 0 amide bonds. The van der Waals surface area contributed by atoms with Gasteiger partial charge < -0.3 is 14.2 Å². The van der Waals surface area contributed by atoms with Gasteiger partial charge in [-0.3, -0.25) is 4.72 Å². The van der Waals surface area contributed by atoms with E-state index in [-0.39, 0.29) is 5.75 Å². The molecule has 6 nitrogen and oxygen atoms in total. The lowest BCUT2D eigenvalue weighted by Gasteiger charge is -2.32. The van der Waals surface area contributed by atoms with Gasteiger partial charge in [0.05, 0.1) is 17.0 Å². The van der Waals surface area contributed by atoms with Crippen molar-refractivity contribution >= 4 is 28.3 Å². The number of hydrogen-bond donors (Lipinski definition) is 1. The lowest BCUT2D eigenvalue weighted by atomic mass is 9.79. The van der Waals surface area contributed by atoms with Gasteiger partial charge in [0.15, 0.2) is 0 Å². The van der Waals surface area contributed by atoms with E-state index in [1.165, 1.54) is 0 Å². The molecule has 134 valence electrons. The molecule has 1 aromatic carbocycles. The zero-order chi connectivity index (χ0) is 18.2. The molecule has 1 saturated heterocycles. The number of anilines is 1. The molecule has 0 aromatic heterocycles. The molecule has 24 heavy (non-hydrogen) atoms. The largest absolute Gasteiger partial charge is 0.494 e. The Labute approximate surface area is 145 Å². The van der Waals surface area contributed by atoms with Gasteiger partial charge in [0, 0.05) is 12.2 Å². The molecule has 1 N–H and O–H groups in total. The molecule has 1 fully saturated rings. The fourth-order valence-corrected chi connectivity index (χ4v) is 3.42. The van der Waals surface area contributed by atoms with Crippen LogP contribution in [0.4, 0.5) is 5.69 Å². The third-order valence-electron chi connectivity index (χ3n) is 4.52. The van der Waals surface area contributed by atoms with Crippen molar-refractivity contribution in [1.29, 1.82) is 0 Å². The Morgan fingerprint density at radius 1 is 1.04 bits per heavy atom. The average Bonchev–Trinajstić information content (AvgIpc) is 2.66. The summed E-state index contributed by atoms with van der Waals surface area (Å²) in [5.41, 5.74) is 0.604. The Morgan fingerprint density at radius 3 is 2.00 bits per heavy atom. The van der Waals surface area contributed by atoms with Crippen LogP contribution in [0.3, 0.4) is 0 Å². The highest BCUT2D eigenvalue weighted by atomic mass is 32.2. The Morgan fingerprint density at radius 2 is 1.54 bits per heavy atom. The van der Waals surface area contributed by atoms with Crippen LogP contribution in [0.2, 0.25) is 0 Å². The summed E-state index contributed by atoms with van der Waals surface area (Å²) >= 11 is 0. The Kier molecular flexibility index (Phi) is 5.35. The molecule has 8 heteroatoms. The fourth-order valence-electron chi connectivity index (χ4n) is 2.22. The predicted octanol–water partition coefficient (Wildman–Crippen LogP) is 1.29. The first kappa shape index (κ1) is 19.2. The smallest absolute Gasteiger partial charge is 0.399 e. The van der Waals surface area contributed by atoms with E-state index in [0.29, 0.717) is 12.2 Å². The van der Waals surface area contributed by atoms with E-state index in [1.807, 2.05) is 58.8 Å². The van der Waals surface area contributed by atoms with E-state index < -0.39 is 28.3 Å². The van der Waals surface area contributed by atoms with E-state index in [0.717, 1.165) is 5.46 Å². The monoisotopic (exact) mass is 354 g/mol. The van der Waals surface area contributed by atoms with Gasteiger partial charge in [0.25, 0.3) is 0 Å². The zero-order valence-corrected chi connectivity index (χ0v) is 16.1. The summed E-state index contributed by atoms with van der Waals surface area (Å²) in [6.07, 6.45) is 0. The first-order valence-corrected chi connectivity index (χ1v) is 9.68. The van der Waals surface area contributed by atoms with Crippen LogP contribution in [0, 0.1) is 0 Å². The second-order valence-corrected chi connectivity index (χ2v) is 9.28. The molecular weight excluding hydrogens is 327 g/mol. The summed E-state index contributed by atoms with van der Waals surface area (Å²) in [4.78, 5) is 1.83. The van der Waals surface area contributed by atoms with Crippen molar-refractivity contribution in [2.75, 3.05) is 31.1 Å². The average molecular weight is 354 g/mol. The van der Waals surface area contributed by atoms with Gasteiger partial charge >= 0.3 is 7.12 Å². The molecule has 0 atom stereocenters. The number of benzene rings is 1. The highest BCUT2D eigenvalue weighted by Gasteiger charge is 2.51. The molecule has 0 unspecified atom stereocenters. The van der Waals surface area contributed by atoms with E-state index >= 15 is 0 Å². The summed E-state index contributed by atoms with van der Waals surface area (Å²) < 4.78 is 38.6. The molecule has 1 heterocycles. The highest BCUT2D eigenvalue weighted by Crippen LogP contribution is 2.36. The number of rotatable bonds is 6. The predicted molar refractivity (Wildman–Crippen MR) is 98.1 cm³/mol. The minimum absolute atomic E-state index is 0.0545. The molecule has 0 bridgehead atoms. The third kappa shape index (κ3) is 4.50. The SMILES string of the molecule is CN(C)CCS(=O)(=O)Nc1ccc(B2OC(C)(C)C(C)(C)O2)cc1. The lowest BCUT2D eigenvalue weighted by Crippen LogP contribution is -2.41. The summed E-state index contributed by atoms with van der Waals surface area (Å²) in [7, 11) is -0.118. The first-order chi connectivity index (χ1) is 10.9. The molecule has 0 radical (unpaired) electrons. The van der Waals surface area contributed by atoms with Crippen molar-refractivity contribution in [2.45, 2.75) is 38.9 Å². The van der Waals surface area contributed by atoms with Gasteiger partial charge in [0.1, 0.15) is 0 Å². The molecular formula is C16H27BN2O4S. The summed E-state index contributed by atoms with van der Waals surface area (Å²) in [6.45, 7) is 8.47. The number of nitrogens with one attached hydrogen (secondary N) is 1. The van der Waals surface area contributed by atoms with Crippen molar-refractivity contribution < 1.29 is 17.7 Å². The van der Waals surface area contributed by atoms with E-state index in [9.17, 15) is 8.42 Å². The number of sulfonamides is 1. The minimum atomic E-state index is -3.35. The molecule has 1 aliphatic rings. The van der Waals surface area contributed by atoms with Crippen LogP contribution in [-0.2, 0) is 19.3 Å². The summed E-state index contributed by atoms with van der Waals surface area (Å²) in [5.74, 6) is 0.0545. The second-order valence-electron chi connectivity index (χ2n) is 7.43. The Hall–Kier alpha value is -1.09. The van der Waals surface area contributed by atoms with E-state index in [1.54, 1.807) is 12.1 Å². The molecule has 0 aliphatic carbocycles. The van der Waals surface area contributed by atoms with Crippen LogP contribution in [0.5, 0.6) is 0 Å². The molecule has 1 aliphatic heterocycles. The highest BCUT2D eigenvalue weighted by molar-refractivity contribution is 7.92. The number of nitrogens with zero attached hydrogens (tertiary/aromatic N) is 1. The first-order valence-electron chi connectivity index (χ1n) is 8.03. The van der Waals surface area contributed by atoms with Gasteiger partial charge in [-0.2, -0.15) is 0 Å². The summed E-state index contributed by atoms with van der Waals surface area (Å²) in [5, 5.41) is 0. The van der Waals surface area contributed by atoms with E-state index in [4.69, 9.17) is 9.31 Å². The topological polar surface area (TPSA) is 67.9 Å². The Balaban J connectivity index is 2.04. The van der Waals surface area contributed by atoms with Crippen LogP contribution in [0.1, 0.15) is 27.7 Å². The van der Waals surface area contributed by atoms with Gasteiger partial charge in [-0.05, 0) is 59.4 Å². The van der Waals surface area contributed by atoms with Crippen LogP contribution in [0.15, 0.2) is 24.3 Å². The van der Waals surface area contributed by atoms with Crippen molar-refractivity contribution in [3.05, 3.63) is 24.3 Å². The normalized spacial score (nSPS) is 19.7. The van der Waals surface area contributed by atoms with Crippen molar-refractivity contribution in [2.24, 2.45) is 0 Å². The van der Waals surface area contributed by atoms with Crippen molar-refractivity contribution in [3.63, 3.8) is 0 Å². The maximum absolute atomic E-state index is 12.0. The third-order valence-corrected chi connectivity index (χ3v) is 5.78. The quantitative estimate of drug-likeness (QED) is 0.780. The van der Waals surface area contributed by atoms with Crippen LogP contribution < -0.4 is 10.2 Å². The van der Waals surface area contributed by atoms with Gasteiger partial charge in [0.2, 0.25) is 10.0 Å². The fraction of sp³-hybridized carbons (Fsp3) is 0.625. The maximum atomic E-state index is 12.0. The maximum Gasteiger partial charge on any atom is 0.494 e. The van der Waals surface area contributed by atoms with Gasteiger partial charge in [-0.25, -0.2) is 8.42 Å². The zero-order valence-electron chi connectivity index (χ0n) is 15.3. The molecule has 0 spiro atoms. The molecule has 0 saturated carbocycles. The summed E-state index contributed by atoms with van der Waals surface area (Å²) in [6, 6.07) is 7.11. The number of hydrogen-bond acceptors (Lipinski definition) is 5.